The van der Waals surface area contributed by atoms with Gasteiger partial charge >= 0.3 is 0 Å². The van der Waals surface area contributed by atoms with Crippen molar-refractivity contribution in [3.63, 3.8) is 0 Å². The van der Waals surface area contributed by atoms with E-state index in [1.165, 1.54) is 0 Å². The summed E-state index contributed by atoms with van der Waals surface area (Å²) in [6.45, 7) is 0. The zero-order valence-electron chi connectivity index (χ0n) is 23.6. The zero-order valence-corrected chi connectivity index (χ0v) is 26.3. The Labute approximate surface area is 254 Å². The molecule has 0 heterocycles. The summed E-state index contributed by atoms with van der Waals surface area (Å²) >= 11 is 0. The normalized spacial score (nSPS) is 11.9. The van der Waals surface area contributed by atoms with Crippen LogP contribution in [0, 0.1) is 5.16 Å². The van der Waals surface area contributed by atoms with Gasteiger partial charge < -0.3 is 0 Å². The molecule has 0 atom stereocenters. The van der Waals surface area contributed by atoms with Crippen LogP contribution in [0.1, 0.15) is 0 Å². The number of benzene rings is 6. The zero-order chi connectivity index (χ0) is 29.6. The van der Waals surface area contributed by atoms with Crippen molar-refractivity contribution >= 4 is 53.4 Å². The summed E-state index contributed by atoms with van der Waals surface area (Å²) in [7, 11) is -9.05. The monoisotopic (exact) mass is 614 g/mol. The maximum atomic E-state index is 10.4. The Morgan fingerprint density at radius 1 is 0.349 bits per heavy atom. The third kappa shape index (κ3) is 5.81. The summed E-state index contributed by atoms with van der Waals surface area (Å²) in [6, 6.07) is 61.1. The predicted molar refractivity (Wildman–Crippen MR) is 189 cm³/mol. The maximum Gasteiger partial charge on any atom is 0.137 e. The number of nitrogens with one attached hydrogen (secondary N) is 1. The lowest BCUT2D eigenvalue weighted by Gasteiger charge is -2.32. The average molecular weight is 615 g/mol. The van der Waals surface area contributed by atoms with Crippen LogP contribution in [-0.2, 0) is 0 Å². The van der Waals surface area contributed by atoms with Gasteiger partial charge in [-0.25, -0.2) is 9.03 Å². The molecular formula is C36H33N4P3. The standard InChI is InChI=1S/C36H33N4P3/c37-41(31-19-7-1-8-20-31,32-21-9-2-10-22-32)39-43(35-27-15-5-16-28-35,36-29-17-6-18-30-36)40-42(38,33-23-11-3-12-24-33)34-25-13-4-14-26-34/h1-30,37H,38H2. The SMILES string of the molecule is N=P(N=P(N=P(N)(c1ccccc1)c1ccccc1)(c1ccccc1)c1ccccc1)(c1ccccc1)c1ccccc1. The number of nitrogens with zero attached hydrogens (tertiary/aromatic N) is 2. The molecule has 4 nitrogen and oxygen atoms in total. The molecule has 0 aliphatic heterocycles. The molecule has 0 aromatic heterocycles. The summed E-state index contributed by atoms with van der Waals surface area (Å²) in [5.41, 5.74) is 7.66. The van der Waals surface area contributed by atoms with E-state index in [1.807, 2.05) is 133 Å². The molecular weight excluding hydrogens is 581 g/mol. The van der Waals surface area contributed by atoms with Gasteiger partial charge in [-0.1, -0.05) is 182 Å². The molecule has 0 aliphatic carbocycles. The second kappa shape index (κ2) is 12.7. The maximum absolute atomic E-state index is 10.4. The van der Waals surface area contributed by atoms with E-state index >= 15 is 0 Å². The Kier molecular flexibility index (Phi) is 8.57. The van der Waals surface area contributed by atoms with E-state index in [2.05, 4.69) is 48.5 Å². The Hall–Kier alpha value is -4.03. The molecule has 43 heavy (non-hydrogen) atoms. The van der Waals surface area contributed by atoms with Crippen LogP contribution in [0.15, 0.2) is 191 Å². The van der Waals surface area contributed by atoms with Crippen molar-refractivity contribution in [2.24, 2.45) is 14.5 Å². The first-order valence-corrected chi connectivity index (χ1v) is 19.3. The highest BCUT2D eigenvalue weighted by Crippen LogP contribution is 2.65. The average Bonchev–Trinajstić information content (AvgIpc) is 3.10. The molecule has 0 saturated carbocycles. The molecule has 3 N–H and O–H groups in total. The second-order valence-electron chi connectivity index (χ2n) is 10.1. The third-order valence-corrected chi connectivity index (χ3v) is 17.9. The minimum atomic E-state index is -3.10. The lowest BCUT2D eigenvalue weighted by Crippen LogP contribution is -2.25. The minimum absolute atomic E-state index is 0.882. The Morgan fingerprint density at radius 3 is 0.907 bits per heavy atom. The minimum Gasteiger partial charge on any atom is -0.290 e. The van der Waals surface area contributed by atoms with Crippen molar-refractivity contribution in [1.29, 1.82) is 5.16 Å². The number of hydrogen-bond acceptors (Lipinski definition) is 1. The van der Waals surface area contributed by atoms with Crippen molar-refractivity contribution in [1.82, 2.24) is 0 Å². The highest BCUT2D eigenvalue weighted by molar-refractivity contribution is 7.94. The lowest BCUT2D eigenvalue weighted by molar-refractivity contribution is 1.55. The fraction of sp³-hybridized carbons (Fsp3) is 0. The molecule has 7 heteroatoms. The van der Waals surface area contributed by atoms with Crippen LogP contribution in [0.2, 0.25) is 0 Å². The largest absolute Gasteiger partial charge is 0.290 e. The number of nitrogens with two attached hydrogens (primary N) is 1. The first-order chi connectivity index (χ1) is 21.0. The van der Waals surface area contributed by atoms with E-state index in [1.54, 1.807) is 0 Å². The fourth-order valence-corrected chi connectivity index (χ4v) is 16.6. The van der Waals surface area contributed by atoms with Gasteiger partial charge in [0.2, 0.25) is 0 Å². The molecule has 0 unspecified atom stereocenters. The second-order valence-corrected chi connectivity index (χ2v) is 18.5. The van der Waals surface area contributed by atoms with Crippen LogP contribution in [0.4, 0.5) is 0 Å². The third-order valence-electron chi connectivity index (χ3n) is 7.33. The van der Waals surface area contributed by atoms with E-state index in [4.69, 9.17) is 14.5 Å². The molecule has 212 valence electrons. The summed E-state index contributed by atoms with van der Waals surface area (Å²) in [5.74, 6) is 0. The van der Waals surface area contributed by atoms with E-state index < -0.39 is 21.6 Å². The quantitative estimate of drug-likeness (QED) is 0.169. The topological polar surface area (TPSA) is 74.6 Å². The van der Waals surface area contributed by atoms with Gasteiger partial charge in [0.1, 0.15) is 14.4 Å². The van der Waals surface area contributed by atoms with E-state index in [0.717, 1.165) is 31.8 Å². The molecule has 6 aromatic rings. The molecule has 6 aromatic carbocycles. The van der Waals surface area contributed by atoms with E-state index in [9.17, 15) is 5.16 Å². The first kappa shape index (κ1) is 29.1. The summed E-state index contributed by atoms with van der Waals surface area (Å²) in [4.78, 5) is 0. The predicted octanol–water partition coefficient (Wildman–Crippen LogP) is 7.83. The van der Waals surface area contributed by atoms with Crippen molar-refractivity contribution in [2.45, 2.75) is 0 Å². The van der Waals surface area contributed by atoms with Crippen LogP contribution >= 0.6 is 21.6 Å². The number of hydrogen-bond donors (Lipinski definition) is 2. The van der Waals surface area contributed by atoms with Gasteiger partial charge in [0, 0.05) is 31.8 Å². The highest BCUT2D eigenvalue weighted by Gasteiger charge is 2.34. The molecule has 0 radical (unpaired) electrons. The van der Waals surface area contributed by atoms with Gasteiger partial charge in [0.15, 0.2) is 0 Å². The molecule has 0 saturated heterocycles. The van der Waals surface area contributed by atoms with Crippen molar-refractivity contribution in [2.75, 3.05) is 0 Å². The summed E-state index contributed by atoms with van der Waals surface area (Å²) in [6.07, 6.45) is 0. The van der Waals surface area contributed by atoms with Crippen molar-refractivity contribution in [3.8, 4) is 0 Å². The highest BCUT2D eigenvalue weighted by atomic mass is 31.2. The fourth-order valence-electron chi connectivity index (χ4n) is 5.15. The molecule has 0 amide bonds. The van der Waals surface area contributed by atoms with Gasteiger partial charge in [-0.15, -0.1) is 0 Å². The van der Waals surface area contributed by atoms with Crippen LogP contribution < -0.4 is 37.3 Å². The van der Waals surface area contributed by atoms with E-state index in [0.29, 0.717) is 0 Å². The first-order valence-electron chi connectivity index (χ1n) is 14.1. The van der Waals surface area contributed by atoms with Gasteiger partial charge in [-0.3, -0.25) is 10.7 Å². The smallest absolute Gasteiger partial charge is 0.137 e. The van der Waals surface area contributed by atoms with Gasteiger partial charge in [-0.05, 0) is 0 Å². The van der Waals surface area contributed by atoms with Crippen LogP contribution in [0.5, 0.6) is 0 Å². The molecule has 0 bridgehead atoms. The summed E-state index contributed by atoms with van der Waals surface area (Å²) in [5, 5.41) is 16.0. The molecule has 6 rings (SSSR count). The van der Waals surface area contributed by atoms with Gasteiger partial charge in [-0.2, -0.15) is 0 Å². The van der Waals surface area contributed by atoms with Crippen molar-refractivity contribution in [3.05, 3.63) is 182 Å². The van der Waals surface area contributed by atoms with Crippen LogP contribution in [-0.4, -0.2) is 0 Å². The number of rotatable bonds is 8. The van der Waals surface area contributed by atoms with Gasteiger partial charge in [0.05, 0.1) is 7.21 Å². The Morgan fingerprint density at radius 2 is 0.605 bits per heavy atom. The van der Waals surface area contributed by atoms with Crippen LogP contribution in [0.25, 0.3) is 0 Å². The lowest BCUT2D eigenvalue weighted by atomic mass is 10.4. The summed E-state index contributed by atoms with van der Waals surface area (Å²) < 4.78 is 11.7. The van der Waals surface area contributed by atoms with Crippen molar-refractivity contribution < 1.29 is 0 Å². The van der Waals surface area contributed by atoms with Crippen LogP contribution in [0.3, 0.4) is 0 Å². The molecule has 0 fully saturated rings. The van der Waals surface area contributed by atoms with Gasteiger partial charge in [0.25, 0.3) is 0 Å². The van der Waals surface area contributed by atoms with E-state index in [-0.39, 0.29) is 0 Å². The Balaban J connectivity index is 1.85. The molecule has 0 spiro atoms. The Bertz CT molecular complexity index is 1820. The molecule has 0 aliphatic rings.